The molecule has 2 N–H and O–H groups in total. The number of nitrogens with one attached hydrogen (secondary N) is 1. The van der Waals surface area contributed by atoms with E-state index in [0.717, 1.165) is 11.7 Å². The van der Waals surface area contributed by atoms with Crippen LogP contribution in [0.5, 0.6) is 0 Å². The summed E-state index contributed by atoms with van der Waals surface area (Å²) >= 11 is 2.00. The molecule has 3 heteroatoms. The Morgan fingerprint density at radius 2 is 1.90 bits per heavy atom. The van der Waals surface area contributed by atoms with Gasteiger partial charge in [-0.15, -0.1) is 0 Å². The predicted molar refractivity (Wildman–Crippen MR) is 92.8 cm³/mol. The zero-order valence-corrected chi connectivity index (χ0v) is 14.2. The van der Waals surface area contributed by atoms with Crippen molar-refractivity contribution < 1.29 is 5.11 Å². The van der Waals surface area contributed by atoms with Gasteiger partial charge in [-0.25, -0.2) is 0 Å². The van der Waals surface area contributed by atoms with Gasteiger partial charge in [-0.2, -0.15) is 11.8 Å². The average Bonchev–Trinajstić information content (AvgIpc) is 3.00. The fourth-order valence-corrected chi connectivity index (χ4v) is 4.75. The Labute approximate surface area is 133 Å². The van der Waals surface area contributed by atoms with E-state index in [1.807, 2.05) is 17.8 Å². The molecule has 0 aliphatic heterocycles. The number of rotatable bonds is 8. The molecular formula is C18H29NOS. The third kappa shape index (κ3) is 4.73. The van der Waals surface area contributed by atoms with Gasteiger partial charge in [0.25, 0.3) is 0 Å². The molecule has 0 spiro atoms. The lowest BCUT2D eigenvalue weighted by Gasteiger charge is -2.36. The van der Waals surface area contributed by atoms with Crippen LogP contribution in [0.15, 0.2) is 30.3 Å². The van der Waals surface area contributed by atoms with Crippen LogP contribution in [0.25, 0.3) is 0 Å². The van der Waals surface area contributed by atoms with E-state index in [4.69, 9.17) is 0 Å². The zero-order valence-electron chi connectivity index (χ0n) is 13.3. The van der Waals surface area contributed by atoms with Crippen molar-refractivity contribution in [1.29, 1.82) is 0 Å². The summed E-state index contributed by atoms with van der Waals surface area (Å²) in [5.74, 6) is 3.05. The first-order valence-electron chi connectivity index (χ1n) is 8.18. The summed E-state index contributed by atoms with van der Waals surface area (Å²) in [5.41, 5.74) is 0.874. The summed E-state index contributed by atoms with van der Waals surface area (Å²) in [6.45, 7) is 4.44. The Morgan fingerprint density at radius 1 is 1.24 bits per heavy atom. The number of hydrogen-bond acceptors (Lipinski definition) is 3. The largest absolute Gasteiger partial charge is 0.394 e. The summed E-state index contributed by atoms with van der Waals surface area (Å²) in [7, 11) is 0. The first kappa shape index (κ1) is 16.9. The molecule has 0 heterocycles. The van der Waals surface area contributed by atoms with Gasteiger partial charge in [-0.1, -0.05) is 43.2 Å². The summed E-state index contributed by atoms with van der Waals surface area (Å²) < 4.78 is 0. The van der Waals surface area contributed by atoms with Crippen molar-refractivity contribution in [2.75, 3.05) is 18.1 Å². The average molecular weight is 308 g/mol. The molecule has 1 saturated carbocycles. The molecule has 1 aliphatic carbocycles. The molecular weight excluding hydrogens is 278 g/mol. The van der Waals surface area contributed by atoms with E-state index in [1.54, 1.807) is 0 Å². The number of benzene rings is 1. The first-order valence-corrected chi connectivity index (χ1v) is 9.33. The van der Waals surface area contributed by atoms with Crippen LogP contribution in [0.1, 0.15) is 45.1 Å². The van der Waals surface area contributed by atoms with E-state index in [0.29, 0.717) is 6.04 Å². The quantitative estimate of drug-likeness (QED) is 0.766. The van der Waals surface area contributed by atoms with Gasteiger partial charge in [0.05, 0.1) is 12.1 Å². The minimum absolute atomic E-state index is 0.146. The molecule has 1 unspecified atom stereocenters. The van der Waals surface area contributed by atoms with Crippen molar-refractivity contribution in [3.8, 4) is 0 Å². The highest BCUT2D eigenvalue weighted by molar-refractivity contribution is 7.99. The third-order valence-electron chi connectivity index (χ3n) is 4.34. The Hall–Kier alpha value is -0.510. The SMILES string of the molecule is CC(C)NC(CO)(CSCC1CCCC1)c1ccccc1. The lowest BCUT2D eigenvalue weighted by atomic mass is 9.92. The Balaban J connectivity index is 2.03. The lowest BCUT2D eigenvalue weighted by Crippen LogP contribution is -2.51. The molecule has 0 radical (unpaired) electrons. The molecule has 0 saturated heterocycles. The molecule has 1 aromatic carbocycles. The van der Waals surface area contributed by atoms with E-state index in [1.165, 1.54) is 37.0 Å². The van der Waals surface area contributed by atoms with Crippen LogP contribution >= 0.6 is 11.8 Å². The highest BCUT2D eigenvalue weighted by Gasteiger charge is 2.32. The molecule has 21 heavy (non-hydrogen) atoms. The topological polar surface area (TPSA) is 32.3 Å². The molecule has 1 aliphatic rings. The van der Waals surface area contributed by atoms with Crippen LogP contribution in [-0.4, -0.2) is 29.3 Å². The Bertz CT molecular complexity index is 403. The summed E-state index contributed by atoms with van der Waals surface area (Å²) in [4.78, 5) is 0. The van der Waals surface area contributed by atoms with E-state index in [-0.39, 0.29) is 12.1 Å². The van der Waals surface area contributed by atoms with Gasteiger partial charge in [0, 0.05) is 11.8 Å². The minimum Gasteiger partial charge on any atom is -0.394 e. The summed E-state index contributed by atoms with van der Waals surface area (Å²) in [6, 6.07) is 10.8. The zero-order chi connectivity index (χ0) is 15.1. The normalized spacial score (nSPS) is 19.0. The van der Waals surface area contributed by atoms with Crippen molar-refractivity contribution in [1.82, 2.24) is 5.32 Å². The minimum atomic E-state index is -0.321. The second-order valence-electron chi connectivity index (χ2n) is 6.57. The van der Waals surface area contributed by atoms with Crippen LogP contribution < -0.4 is 5.32 Å². The number of aliphatic hydroxyl groups is 1. The van der Waals surface area contributed by atoms with Crippen LogP contribution in [0.4, 0.5) is 0 Å². The van der Waals surface area contributed by atoms with Gasteiger partial charge in [0.15, 0.2) is 0 Å². The van der Waals surface area contributed by atoms with Crippen molar-refractivity contribution >= 4 is 11.8 Å². The van der Waals surface area contributed by atoms with E-state index < -0.39 is 0 Å². The van der Waals surface area contributed by atoms with Crippen LogP contribution in [-0.2, 0) is 5.54 Å². The van der Waals surface area contributed by atoms with Crippen LogP contribution in [0, 0.1) is 5.92 Å². The number of hydrogen-bond donors (Lipinski definition) is 2. The molecule has 1 atom stereocenters. The van der Waals surface area contributed by atoms with Gasteiger partial charge < -0.3 is 10.4 Å². The molecule has 118 valence electrons. The lowest BCUT2D eigenvalue weighted by molar-refractivity contribution is 0.169. The smallest absolute Gasteiger partial charge is 0.0762 e. The van der Waals surface area contributed by atoms with Gasteiger partial charge in [0.2, 0.25) is 0 Å². The Kier molecular flexibility index (Phi) is 6.59. The van der Waals surface area contributed by atoms with Gasteiger partial charge in [-0.3, -0.25) is 0 Å². The summed E-state index contributed by atoms with van der Waals surface area (Å²) in [5, 5.41) is 13.7. The molecule has 0 bridgehead atoms. The van der Waals surface area contributed by atoms with Crippen molar-refractivity contribution in [3.63, 3.8) is 0 Å². The van der Waals surface area contributed by atoms with Crippen LogP contribution in [0.3, 0.4) is 0 Å². The standard InChI is InChI=1S/C18H29NOS/c1-15(2)19-18(13-20,17-10-4-3-5-11-17)14-21-12-16-8-6-7-9-16/h3-5,10-11,15-16,19-20H,6-9,12-14H2,1-2H3. The molecule has 2 rings (SSSR count). The molecule has 1 fully saturated rings. The van der Waals surface area contributed by atoms with Crippen molar-refractivity contribution in [3.05, 3.63) is 35.9 Å². The molecule has 0 aromatic heterocycles. The number of aliphatic hydroxyl groups excluding tert-OH is 1. The van der Waals surface area contributed by atoms with E-state index in [2.05, 4.69) is 43.4 Å². The third-order valence-corrected chi connectivity index (χ3v) is 5.74. The van der Waals surface area contributed by atoms with E-state index >= 15 is 0 Å². The maximum absolute atomic E-state index is 10.1. The molecule has 0 amide bonds. The van der Waals surface area contributed by atoms with Gasteiger partial charge in [-0.05, 0) is 43.9 Å². The monoisotopic (exact) mass is 307 g/mol. The predicted octanol–water partition coefficient (Wildman–Crippen LogP) is 3.80. The first-order chi connectivity index (χ1) is 10.2. The highest BCUT2D eigenvalue weighted by Crippen LogP contribution is 2.31. The number of thioether (sulfide) groups is 1. The van der Waals surface area contributed by atoms with E-state index in [9.17, 15) is 5.11 Å². The maximum atomic E-state index is 10.1. The molecule has 2 nitrogen and oxygen atoms in total. The van der Waals surface area contributed by atoms with Crippen molar-refractivity contribution in [2.24, 2.45) is 5.92 Å². The maximum Gasteiger partial charge on any atom is 0.0762 e. The van der Waals surface area contributed by atoms with Gasteiger partial charge in [0.1, 0.15) is 0 Å². The fourth-order valence-electron chi connectivity index (χ4n) is 3.28. The van der Waals surface area contributed by atoms with Gasteiger partial charge >= 0.3 is 0 Å². The van der Waals surface area contributed by atoms with Crippen molar-refractivity contribution in [2.45, 2.75) is 51.1 Å². The van der Waals surface area contributed by atoms with Crippen LogP contribution in [0.2, 0.25) is 0 Å². The highest BCUT2D eigenvalue weighted by atomic mass is 32.2. The summed E-state index contributed by atoms with van der Waals surface area (Å²) in [6.07, 6.45) is 5.59. The fraction of sp³-hybridized carbons (Fsp3) is 0.667. The Morgan fingerprint density at radius 3 is 2.48 bits per heavy atom. The second-order valence-corrected chi connectivity index (χ2v) is 7.60. The second kappa shape index (κ2) is 8.21. The molecule has 1 aromatic rings.